The third-order valence-electron chi connectivity index (χ3n) is 2.91. The maximum atomic E-state index is 5.84. The van der Waals surface area contributed by atoms with Crippen LogP contribution in [0.4, 0.5) is 0 Å². The zero-order chi connectivity index (χ0) is 13.1. The van der Waals surface area contributed by atoms with Crippen LogP contribution >= 0.6 is 15.9 Å². The van der Waals surface area contributed by atoms with Crippen LogP contribution in [0.1, 0.15) is 5.56 Å². The second kappa shape index (κ2) is 5.41. The Morgan fingerprint density at radius 3 is 2.63 bits per heavy atom. The van der Waals surface area contributed by atoms with E-state index < -0.39 is 0 Å². The number of pyridine rings is 1. The van der Waals surface area contributed by atoms with Crippen LogP contribution in [0.2, 0.25) is 0 Å². The maximum Gasteiger partial charge on any atom is 0.136 e. The van der Waals surface area contributed by atoms with Crippen LogP contribution in [0.25, 0.3) is 10.9 Å². The topological polar surface area (TPSA) is 22.1 Å². The average molecular weight is 314 g/mol. The summed E-state index contributed by atoms with van der Waals surface area (Å²) < 4.78 is 6.75. The minimum absolute atomic E-state index is 0.553. The minimum atomic E-state index is 0.553. The lowest BCUT2D eigenvalue weighted by molar-refractivity contribution is 0.304. The molecule has 2 nitrogen and oxygen atoms in total. The Balaban J connectivity index is 1.87. The highest BCUT2D eigenvalue weighted by Gasteiger charge is 2.07. The molecule has 3 aromatic rings. The number of hydrogen-bond acceptors (Lipinski definition) is 2. The second-order valence-electron chi connectivity index (χ2n) is 4.23. The SMILES string of the molecule is Brc1c(OCc2ccccc2)ccc2cccnc12. The summed E-state index contributed by atoms with van der Waals surface area (Å²) in [6.45, 7) is 0.553. The Kier molecular flexibility index (Phi) is 3.47. The van der Waals surface area contributed by atoms with Crippen molar-refractivity contribution in [1.29, 1.82) is 0 Å². The van der Waals surface area contributed by atoms with Gasteiger partial charge >= 0.3 is 0 Å². The fourth-order valence-electron chi connectivity index (χ4n) is 1.94. The molecular formula is C16H12BrNO. The molecule has 0 atom stereocenters. The van der Waals surface area contributed by atoms with E-state index in [-0.39, 0.29) is 0 Å². The van der Waals surface area contributed by atoms with Gasteiger partial charge in [-0.1, -0.05) is 36.4 Å². The largest absolute Gasteiger partial charge is 0.488 e. The summed E-state index contributed by atoms with van der Waals surface area (Å²) in [5, 5.41) is 1.10. The molecule has 19 heavy (non-hydrogen) atoms. The summed E-state index contributed by atoms with van der Waals surface area (Å²) in [7, 11) is 0. The van der Waals surface area contributed by atoms with Crippen molar-refractivity contribution < 1.29 is 4.74 Å². The normalized spacial score (nSPS) is 10.6. The minimum Gasteiger partial charge on any atom is -0.488 e. The van der Waals surface area contributed by atoms with Gasteiger partial charge in [0.1, 0.15) is 12.4 Å². The lowest BCUT2D eigenvalue weighted by Crippen LogP contribution is -1.96. The van der Waals surface area contributed by atoms with Crippen LogP contribution in [0.15, 0.2) is 65.3 Å². The summed E-state index contributed by atoms with van der Waals surface area (Å²) in [6.07, 6.45) is 1.79. The van der Waals surface area contributed by atoms with Gasteiger partial charge in [-0.25, -0.2) is 0 Å². The van der Waals surface area contributed by atoms with Crippen molar-refractivity contribution >= 4 is 26.8 Å². The molecule has 0 unspecified atom stereocenters. The molecule has 3 rings (SSSR count). The second-order valence-corrected chi connectivity index (χ2v) is 5.02. The quantitative estimate of drug-likeness (QED) is 0.706. The van der Waals surface area contributed by atoms with Gasteiger partial charge in [0.05, 0.1) is 9.99 Å². The van der Waals surface area contributed by atoms with Crippen LogP contribution in [0.3, 0.4) is 0 Å². The number of aromatic nitrogens is 1. The molecule has 0 spiro atoms. The summed E-state index contributed by atoms with van der Waals surface area (Å²) in [4.78, 5) is 4.37. The van der Waals surface area contributed by atoms with Gasteiger partial charge in [0.2, 0.25) is 0 Å². The lowest BCUT2D eigenvalue weighted by Gasteiger charge is -2.09. The summed E-state index contributed by atoms with van der Waals surface area (Å²) in [5.74, 6) is 0.815. The Hall–Kier alpha value is -1.87. The number of ether oxygens (including phenoxy) is 1. The van der Waals surface area contributed by atoms with Crippen LogP contribution in [0.5, 0.6) is 5.75 Å². The standard InChI is InChI=1S/C16H12BrNO/c17-15-14(19-11-12-5-2-1-3-6-12)9-8-13-7-4-10-18-16(13)15/h1-10H,11H2. The molecule has 94 valence electrons. The van der Waals surface area contributed by atoms with Crippen LogP contribution in [-0.2, 0) is 6.61 Å². The highest BCUT2D eigenvalue weighted by molar-refractivity contribution is 9.10. The van der Waals surface area contributed by atoms with E-state index in [9.17, 15) is 0 Å². The van der Waals surface area contributed by atoms with Crippen molar-refractivity contribution in [2.75, 3.05) is 0 Å². The summed E-state index contributed by atoms with van der Waals surface area (Å²) in [6, 6.07) is 18.1. The van der Waals surface area contributed by atoms with Crippen molar-refractivity contribution in [2.24, 2.45) is 0 Å². The van der Waals surface area contributed by atoms with Gasteiger partial charge in [-0.2, -0.15) is 0 Å². The predicted molar refractivity (Wildman–Crippen MR) is 80.2 cm³/mol. The fraction of sp³-hybridized carbons (Fsp3) is 0.0625. The van der Waals surface area contributed by atoms with E-state index in [1.807, 2.05) is 54.6 Å². The van der Waals surface area contributed by atoms with Crippen molar-refractivity contribution in [2.45, 2.75) is 6.61 Å². The van der Waals surface area contributed by atoms with Gasteiger partial charge in [-0.05, 0) is 39.7 Å². The molecule has 0 bridgehead atoms. The third-order valence-corrected chi connectivity index (χ3v) is 3.68. The number of fused-ring (bicyclic) bond motifs is 1. The average Bonchev–Trinajstić information content (AvgIpc) is 2.48. The van der Waals surface area contributed by atoms with Gasteiger partial charge in [-0.3, -0.25) is 4.98 Å². The molecule has 0 aliphatic carbocycles. The third kappa shape index (κ3) is 2.61. The molecule has 0 N–H and O–H groups in total. The monoisotopic (exact) mass is 313 g/mol. The van der Waals surface area contributed by atoms with Crippen molar-refractivity contribution in [1.82, 2.24) is 4.98 Å². The fourth-order valence-corrected chi connectivity index (χ4v) is 2.52. The first-order valence-corrected chi connectivity index (χ1v) is 6.84. The van der Waals surface area contributed by atoms with Crippen LogP contribution in [-0.4, -0.2) is 4.98 Å². The van der Waals surface area contributed by atoms with E-state index in [1.165, 1.54) is 0 Å². The first-order valence-electron chi connectivity index (χ1n) is 6.04. The Bertz CT molecular complexity index is 697. The molecule has 0 saturated carbocycles. The summed E-state index contributed by atoms with van der Waals surface area (Å²) in [5.41, 5.74) is 2.07. The lowest BCUT2D eigenvalue weighted by atomic mass is 10.2. The molecule has 0 fully saturated rings. The van der Waals surface area contributed by atoms with Gasteiger partial charge in [-0.15, -0.1) is 0 Å². The predicted octanol–water partition coefficient (Wildman–Crippen LogP) is 4.58. The van der Waals surface area contributed by atoms with E-state index in [4.69, 9.17) is 4.74 Å². The van der Waals surface area contributed by atoms with Crippen molar-refractivity contribution in [3.8, 4) is 5.75 Å². The Morgan fingerprint density at radius 2 is 1.79 bits per heavy atom. The van der Waals surface area contributed by atoms with E-state index in [1.54, 1.807) is 6.20 Å². The molecule has 0 saturated heterocycles. The first kappa shape index (κ1) is 12.2. The van der Waals surface area contributed by atoms with Gasteiger partial charge in [0, 0.05) is 11.6 Å². The molecular weight excluding hydrogens is 302 g/mol. The van der Waals surface area contributed by atoms with Crippen molar-refractivity contribution in [3.05, 3.63) is 70.8 Å². The highest BCUT2D eigenvalue weighted by Crippen LogP contribution is 2.32. The number of nitrogens with zero attached hydrogens (tertiary/aromatic N) is 1. The van der Waals surface area contributed by atoms with Crippen molar-refractivity contribution in [3.63, 3.8) is 0 Å². The van der Waals surface area contributed by atoms with E-state index in [2.05, 4.69) is 20.9 Å². The van der Waals surface area contributed by atoms with Gasteiger partial charge < -0.3 is 4.74 Å². The maximum absolute atomic E-state index is 5.84. The molecule has 3 heteroatoms. The molecule has 2 aromatic carbocycles. The zero-order valence-corrected chi connectivity index (χ0v) is 11.8. The van der Waals surface area contributed by atoms with Gasteiger partial charge in [0.25, 0.3) is 0 Å². The molecule has 1 aromatic heterocycles. The molecule has 0 aliphatic rings. The van der Waals surface area contributed by atoms with Crippen LogP contribution in [0, 0.1) is 0 Å². The molecule has 0 radical (unpaired) electrons. The molecule has 0 amide bonds. The van der Waals surface area contributed by atoms with E-state index in [0.717, 1.165) is 26.7 Å². The smallest absolute Gasteiger partial charge is 0.136 e. The van der Waals surface area contributed by atoms with E-state index in [0.29, 0.717) is 6.61 Å². The number of halogens is 1. The number of benzene rings is 2. The first-order chi connectivity index (χ1) is 9.34. The Morgan fingerprint density at radius 1 is 0.947 bits per heavy atom. The van der Waals surface area contributed by atoms with Gasteiger partial charge in [0.15, 0.2) is 0 Å². The highest BCUT2D eigenvalue weighted by atomic mass is 79.9. The van der Waals surface area contributed by atoms with E-state index >= 15 is 0 Å². The Labute approximate surface area is 120 Å². The number of hydrogen-bond donors (Lipinski definition) is 0. The molecule has 1 heterocycles. The van der Waals surface area contributed by atoms with Crippen LogP contribution < -0.4 is 4.74 Å². The number of rotatable bonds is 3. The summed E-state index contributed by atoms with van der Waals surface area (Å²) >= 11 is 3.57. The molecule has 0 aliphatic heterocycles. The zero-order valence-electron chi connectivity index (χ0n) is 10.2.